The fourth-order valence-electron chi connectivity index (χ4n) is 2.09. The molecule has 0 unspecified atom stereocenters. The monoisotopic (exact) mass is 282 g/mol. The highest BCUT2D eigenvalue weighted by Crippen LogP contribution is 2.18. The molecule has 0 amide bonds. The van der Waals surface area contributed by atoms with Gasteiger partial charge >= 0.3 is 5.97 Å². The minimum absolute atomic E-state index is 0.168. The van der Waals surface area contributed by atoms with Crippen molar-refractivity contribution < 1.29 is 14.3 Å². The number of aryl methyl sites for hydroxylation is 2. The minimum Gasteiger partial charge on any atom is -0.462 e. The molecule has 0 bridgehead atoms. The molecule has 0 atom stereocenters. The van der Waals surface area contributed by atoms with E-state index in [2.05, 4.69) is 0 Å². The molecule has 21 heavy (non-hydrogen) atoms. The lowest BCUT2D eigenvalue weighted by Crippen LogP contribution is -2.13. The molecular formula is C18H18O3. The number of benzene rings is 2. The van der Waals surface area contributed by atoms with Crippen molar-refractivity contribution in [3.05, 3.63) is 70.3 Å². The molecule has 0 saturated carbocycles. The van der Waals surface area contributed by atoms with E-state index in [0.717, 1.165) is 11.1 Å². The average molecular weight is 282 g/mol. The standard InChI is InChI=1S/C18H18O3/c1-4-21-18(20)16-11-13(3)7-10-15(16)17(19)14-8-5-12(2)6-9-14/h5-11H,4H2,1-3H3. The molecule has 0 heterocycles. The average Bonchev–Trinajstić information content (AvgIpc) is 2.47. The minimum atomic E-state index is -0.461. The summed E-state index contributed by atoms with van der Waals surface area (Å²) < 4.78 is 5.04. The van der Waals surface area contributed by atoms with Gasteiger partial charge in [-0.3, -0.25) is 4.79 Å². The van der Waals surface area contributed by atoms with Crippen molar-refractivity contribution in [2.24, 2.45) is 0 Å². The van der Waals surface area contributed by atoms with Crippen molar-refractivity contribution in [2.75, 3.05) is 6.61 Å². The van der Waals surface area contributed by atoms with E-state index in [-0.39, 0.29) is 12.4 Å². The number of rotatable bonds is 4. The van der Waals surface area contributed by atoms with Gasteiger partial charge in [-0.1, -0.05) is 41.5 Å². The van der Waals surface area contributed by atoms with Crippen LogP contribution in [0.25, 0.3) is 0 Å². The molecule has 0 saturated heterocycles. The van der Waals surface area contributed by atoms with E-state index in [1.54, 1.807) is 31.2 Å². The molecule has 0 fully saturated rings. The second-order valence-corrected chi connectivity index (χ2v) is 4.96. The van der Waals surface area contributed by atoms with Crippen LogP contribution >= 0.6 is 0 Å². The van der Waals surface area contributed by atoms with Crippen LogP contribution in [0.5, 0.6) is 0 Å². The molecule has 0 N–H and O–H groups in total. The van der Waals surface area contributed by atoms with Gasteiger partial charge in [-0.25, -0.2) is 4.79 Å². The number of hydrogen-bond donors (Lipinski definition) is 0. The van der Waals surface area contributed by atoms with Gasteiger partial charge in [0, 0.05) is 11.1 Å². The fraction of sp³-hybridized carbons (Fsp3) is 0.222. The summed E-state index contributed by atoms with van der Waals surface area (Å²) >= 11 is 0. The van der Waals surface area contributed by atoms with Gasteiger partial charge < -0.3 is 4.74 Å². The zero-order chi connectivity index (χ0) is 15.4. The Bertz CT molecular complexity index is 669. The second kappa shape index (κ2) is 6.35. The maximum Gasteiger partial charge on any atom is 0.338 e. The first-order valence-corrected chi connectivity index (χ1v) is 6.92. The first-order valence-electron chi connectivity index (χ1n) is 6.92. The lowest BCUT2D eigenvalue weighted by atomic mass is 9.96. The summed E-state index contributed by atoms with van der Waals surface area (Å²) in [5.74, 6) is -0.630. The first kappa shape index (κ1) is 15.0. The third-order valence-electron chi connectivity index (χ3n) is 3.23. The van der Waals surface area contributed by atoms with Crippen molar-refractivity contribution >= 4 is 11.8 Å². The SMILES string of the molecule is CCOC(=O)c1cc(C)ccc1C(=O)c1ccc(C)cc1. The summed E-state index contributed by atoms with van der Waals surface area (Å²) in [5, 5.41) is 0. The van der Waals surface area contributed by atoms with Gasteiger partial charge in [0.1, 0.15) is 0 Å². The summed E-state index contributed by atoms with van der Waals surface area (Å²) in [4.78, 5) is 24.6. The zero-order valence-electron chi connectivity index (χ0n) is 12.5. The summed E-state index contributed by atoms with van der Waals surface area (Å²) in [6.45, 7) is 5.87. The number of carbonyl (C=O) groups is 2. The zero-order valence-corrected chi connectivity index (χ0v) is 12.5. The Morgan fingerprint density at radius 3 is 2.14 bits per heavy atom. The normalized spacial score (nSPS) is 10.2. The third-order valence-corrected chi connectivity index (χ3v) is 3.23. The first-order chi connectivity index (χ1) is 10.0. The smallest absolute Gasteiger partial charge is 0.338 e. The van der Waals surface area contributed by atoms with E-state index < -0.39 is 5.97 Å². The van der Waals surface area contributed by atoms with Crippen LogP contribution < -0.4 is 0 Å². The lowest BCUT2D eigenvalue weighted by Gasteiger charge is -2.09. The molecule has 3 nitrogen and oxygen atoms in total. The summed E-state index contributed by atoms with van der Waals surface area (Å²) in [7, 11) is 0. The highest BCUT2D eigenvalue weighted by molar-refractivity contribution is 6.14. The van der Waals surface area contributed by atoms with Gasteiger partial charge in [-0.15, -0.1) is 0 Å². The number of hydrogen-bond acceptors (Lipinski definition) is 3. The molecule has 2 aromatic carbocycles. The molecule has 2 rings (SSSR count). The molecule has 0 aliphatic carbocycles. The largest absolute Gasteiger partial charge is 0.462 e. The van der Waals surface area contributed by atoms with Crippen molar-refractivity contribution in [2.45, 2.75) is 20.8 Å². The highest BCUT2D eigenvalue weighted by atomic mass is 16.5. The van der Waals surface area contributed by atoms with Crippen LogP contribution in [0.3, 0.4) is 0 Å². The number of esters is 1. The van der Waals surface area contributed by atoms with E-state index >= 15 is 0 Å². The van der Waals surface area contributed by atoms with Gasteiger partial charge in [-0.05, 0) is 32.9 Å². The molecule has 2 aromatic rings. The molecule has 0 radical (unpaired) electrons. The predicted molar refractivity (Wildman–Crippen MR) is 81.7 cm³/mol. The van der Waals surface area contributed by atoms with Crippen LogP contribution in [-0.4, -0.2) is 18.4 Å². The van der Waals surface area contributed by atoms with Crippen LogP contribution in [0.1, 0.15) is 44.3 Å². The molecule has 0 spiro atoms. The fourth-order valence-corrected chi connectivity index (χ4v) is 2.09. The van der Waals surface area contributed by atoms with Crippen molar-refractivity contribution in [3.8, 4) is 0 Å². The molecule has 0 aliphatic heterocycles. The van der Waals surface area contributed by atoms with Crippen LogP contribution in [0.4, 0.5) is 0 Å². The Hall–Kier alpha value is -2.42. The maximum absolute atomic E-state index is 12.6. The van der Waals surface area contributed by atoms with Crippen LogP contribution in [-0.2, 0) is 4.74 Å². The molecule has 0 aromatic heterocycles. The Kier molecular flexibility index (Phi) is 4.53. The second-order valence-electron chi connectivity index (χ2n) is 4.96. The van der Waals surface area contributed by atoms with E-state index in [0.29, 0.717) is 16.7 Å². The van der Waals surface area contributed by atoms with Gasteiger partial charge in [0.15, 0.2) is 5.78 Å². The van der Waals surface area contributed by atoms with Crippen LogP contribution in [0, 0.1) is 13.8 Å². The van der Waals surface area contributed by atoms with Crippen LogP contribution in [0.15, 0.2) is 42.5 Å². The molecular weight excluding hydrogens is 264 g/mol. The molecule has 0 aliphatic rings. The van der Waals surface area contributed by atoms with Gasteiger partial charge in [-0.2, -0.15) is 0 Å². The maximum atomic E-state index is 12.6. The van der Waals surface area contributed by atoms with E-state index in [4.69, 9.17) is 4.74 Å². The van der Waals surface area contributed by atoms with Crippen LogP contribution in [0.2, 0.25) is 0 Å². The Balaban J connectivity index is 2.45. The number of carbonyl (C=O) groups excluding carboxylic acids is 2. The summed E-state index contributed by atoms with van der Waals surface area (Å²) in [6, 6.07) is 12.5. The lowest BCUT2D eigenvalue weighted by molar-refractivity contribution is 0.0523. The van der Waals surface area contributed by atoms with E-state index in [1.165, 1.54) is 0 Å². The highest BCUT2D eigenvalue weighted by Gasteiger charge is 2.19. The van der Waals surface area contributed by atoms with Crippen molar-refractivity contribution in [1.82, 2.24) is 0 Å². The van der Waals surface area contributed by atoms with E-state index in [1.807, 2.05) is 32.0 Å². The van der Waals surface area contributed by atoms with E-state index in [9.17, 15) is 9.59 Å². The number of ketones is 1. The van der Waals surface area contributed by atoms with Gasteiger partial charge in [0.25, 0.3) is 0 Å². The number of ether oxygens (including phenoxy) is 1. The summed E-state index contributed by atoms with van der Waals surface area (Å²) in [5.41, 5.74) is 3.26. The van der Waals surface area contributed by atoms with Crippen molar-refractivity contribution in [1.29, 1.82) is 0 Å². The molecule has 3 heteroatoms. The predicted octanol–water partition coefficient (Wildman–Crippen LogP) is 3.71. The Labute approximate surface area is 124 Å². The topological polar surface area (TPSA) is 43.4 Å². The Morgan fingerprint density at radius 2 is 1.52 bits per heavy atom. The summed E-state index contributed by atoms with van der Waals surface area (Å²) in [6.07, 6.45) is 0. The van der Waals surface area contributed by atoms with Crippen molar-refractivity contribution in [3.63, 3.8) is 0 Å². The van der Waals surface area contributed by atoms with Gasteiger partial charge in [0.05, 0.1) is 12.2 Å². The van der Waals surface area contributed by atoms with Gasteiger partial charge in [0.2, 0.25) is 0 Å². The quantitative estimate of drug-likeness (QED) is 0.634. The molecule has 108 valence electrons. The third kappa shape index (κ3) is 3.37. The Morgan fingerprint density at radius 1 is 0.905 bits per heavy atom.